The van der Waals surface area contributed by atoms with Gasteiger partial charge in [-0.3, -0.25) is 0 Å². The maximum atomic E-state index is 4.45. The lowest BCUT2D eigenvalue weighted by Crippen LogP contribution is -2.12. The molecule has 1 atom stereocenters. The molecule has 0 aliphatic carbocycles. The molecular formula is C15H19N3S. The Bertz CT molecular complexity index is 550. The molecule has 3 rings (SSSR count). The minimum absolute atomic E-state index is 0.613. The first-order valence-electron chi connectivity index (χ1n) is 6.80. The van der Waals surface area contributed by atoms with Crippen LogP contribution in [0.25, 0.3) is 0 Å². The Kier molecular flexibility index (Phi) is 3.89. The topological polar surface area (TPSA) is 29.9 Å². The van der Waals surface area contributed by atoms with E-state index in [0.29, 0.717) is 5.92 Å². The highest BCUT2D eigenvalue weighted by atomic mass is 32.2. The van der Waals surface area contributed by atoms with Crippen LogP contribution in [-0.4, -0.2) is 21.8 Å². The molecule has 100 valence electrons. The van der Waals surface area contributed by atoms with E-state index >= 15 is 0 Å². The first-order chi connectivity index (χ1) is 9.36. The van der Waals surface area contributed by atoms with Crippen molar-refractivity contribution < 1.29 is 0 Å². The van der Waals surface area contributed by atoms with Crippen molar-refractivity contribution >= 4 is 11.8 Å². The van der Waals surface area contributed by atoms with Gasteiger partial charge in [-0.2, -0.15) is 0 Å². The van der Waals surface area contributed by atoms with Crippen molar-refractivity contribution in [2.24, 2.45) is 0 Å². The summed E-state index contributed by atoms with van der Waals surface area (Å²) in [5, 5.41) is 3.31. The third-order valence-electron chi connectivity index (χ3n) is 3.47. The molecule has 19 heavy (non-hydrogen) atoms. The lowest BCUT2D eigenvalue weighted by Gasteiger charge is -2.11. The summed E-state index contributed by atoms with van der Waals surface area (Å²) in [6, 6.07) is 8.75. The minimum atomic E-state index is 0.613. The summed E-state index contributed by atoms with van der Waals surface area (Å²) in [5.41, 5.74) is 2.62. The minimum Gasteiger partial charge on any atom is -0.337 e. The fraction of sp³-hybridized carbons (Fsp3) is 0.400. The first-order valence-corrected chi connectivity index (χ1v) is 7.78. The van der Waals surface area contributed by atoms with Gasteiger partial charge in [0.05, 0.1) is 12.0 Å². The number of hydrogen-bond acceptors (Lipinski definition) is 3. The molecular weight excluding hydrogens is 254 g/mol. The van der Waals surface area contributed by atoms with Gasteiger partial charge in [0.25, 0.3) is 0 Å². The summed E-state index contributed by atoms with van der Waals surface area (Å²) in [6.45, 7) is 4.99. The molecule has 2 heterocycles. The van der Waals surface area contributed by atoms with Crippen molar-refractivity contribution in [1.82, 2.24) is 14.9 Å². The van der Waals surface area contributed by atoms with E-state index in [0.717, 1.165) is 25.3 Å². The summed E-state index contributed by atoms with van der Waals surface area (Å²) in [4.78, 5) is 5.89. The van der Waals surface area contributed by atoms with E-state index in [1.165, 1.54) is 16.2 Å². The normalized spacial score (nSPS) is 17.6. The van der Waals surface area contributed by atoms with Gasteiger partial charge in [-0.25, -0.2) is 4.98 Å². The third kappa shape index (κ3) is 2.85. The molecule has 4 heteroatoms. The maximum Gasteiger partial charge on any atom is 0.0950 e. The van der Waals surface area contributed by atoms with Gasteiger partial charge < -0.3 is 9.88 Å². The lowest BCUT2D eigenvalue weighted by atomic mass is 10.0. The average Bonchev–Trinajstić information content (AvgIpc) is 3.05. The van der Waals surface area contributed by atoms with Crippen LogP contribution in [0.4, 0.5) is 0 Å². The van der Waals surface area contributed by atoms with Crippen LogP contribution in [0.1, 0.15) is 24.1 Å². The van der Waals surface area contributed by atoms with Crippen molar-refractivity contribution in [3.63, 3.8) is 0 Å². The fourth-order valence-corrected chi connectivity index (χ4v) is 3.73. The van der Waals surface area contributed by atoms with Crippen LogP contribution < -0.4 is 5.32 Å². The zero-order valence-electron chi connectivity index (χ0n) is 11.2. The van der Waals surface area contributed by atoms with E-state index in [9.17, 15) is 0 Å². The molecule has 1 aromatic carbocycles. The van der Waals surface area contributed by atoms with Gasteiger partial charge >= 0.3 is 0 Å². The number of rotatable bonds is 5. The van der Waals surface area contributed by atoms with E-state index in [4.69, 9.17) is 0 Å². The monoisotopic (exact) mass is 273 g/mol. The number of nitrogens with zero attached hydrogens (tertiary/aromatic N) is 2. The Morgan fingerprint density at radius 3 is 3.21 bits per heavy atom. The number of imidazole rings is 1. The Balaban J connectivity index is 1.68. The SMILES string of the molecule is CCNCc1cn(CC2CSc3ccccc32)cn1. The molecule has 3 nitrogen and oxygen atoms in total. The number of aromatic nitrogens is 2. The Hall–Kier alpha value is -1.26. The van der Waals surface area contributed by atoms with Crippen LogP contribution in [0.3, 0.4) is 0 Å². The van der Waals surface area contributed by atoms with Crippen LogP contribution in [-0.2, 0) is 13.1 Å². The molecule has 0 spiro atoms. The predicted molar refractivity (Wildman–Crippen MR) is 79.5 cm³/mol. The van der Waals surface area contributed by atoms with E-state index in [1.54, 1.807) is 0 Å². The Morgan fingerprint density at radius 1 is 1.42 bits per heavy atom. The Morgan fingerprint density at radius 2 is 2.32 bits per heavy atom. The molecule has 0 amide bonds. The van der Waals surface area contributed by atoms with Crippen LogP contribution in [0.5, 0.6) is 0 Å². The smallest absolute Gasteiger partial charge is 0.0950 e. The molecule has 0 saturated carbocycles. The van der Waals surface area contributed by atoms with Crippen LogP contribution >= 0.6 is 11.8 Å². The molecule has 1 unspecified atom stereocenters. The van der Waals surface area contributed by atoms with Gasteiger partial charge in [-0.1, -0.05) is 25.1 Å². The van der Waals surface area contributed by atoms with Crippen LogP contribution in [0.2, 0.25) is 0 Å². The molecule has 1 aliphatic rings. The maximum absolute atomic E-state index is 4.45. The lowest BCUT2D eigenvalue weighted by molar-refractivity contribution is 0.604. The van der Waals surface area contributed by atoms with Crippen molar-refractivity contribution in [3.05, 3.63) is 48.0 Å². The van der Waals surface area contributed by atoms with E-state index in [2.05, 4.69) is 52.3 Å². The second-order valence-electron chi connectivity index (χ2n) is 4.89. The van der Waals surface area contributed by atoms with Gasteiger partial charge in [0, 0.05) is 35.9 Å². The highest BCUT2D eigenvalue weighted by Crippen LogP contribution is 2.39. The fourth-order valence-electron chi connectivity index (χ4n) is 2.49. The van der Waals surface area contributed by atoms with E-state index < -0.39 is 0 Å². The second-order valence-corrected chi connectivity index (χ2v) is 5.95. The molecule has 0 saturated heterocycles. The zero-order valence-corrected chi connectivity index (χ0v) is 12.0. The standard InChI is InChI=1S/C15H19N3S/c1-2-16-7-13-9-18(11-17-13)8-12-10-19-15-6-4-3-5-14(12)15/h3-6,9,11-12,16H,2,7-8,10H2,1H3. The van der Waals surface area contributed by atoms with Gasteiger partial charge in [0.15, 0.2) is 0 Å². The number of nitrogens with one attached hydrogen (secondary N) is 1. The molecule has 1 N–H and O–H groups in total. The summed E-state index contributed by atoms with van der Waals surface area (Å²) in [6.07, 6.45) is 4.12. The number of hydrogen-bond donors (Lipinski definition) is 1. The second kappa shape index (κ2) is 5.80. The van der Waals surface area contributed by atoms with Gasteiger partial charge in [0.1, 0.15) is 0 Å². The largest absolute Gasteiger partial charge is 0.337 e. The molecule has 1 aromatic heterocycles. The molecule has 1 aliphatic heterocycles. The van der Waals surface area contributed by atoms with Crippen molar-refractivity contribution in [1.29, 1.82) is 0 Å². The number of fused-ring (bicyclic) bond motifs is 1. The summed E-state index contributed by atoms with van der Waals surface area (Å²) in [7, 11) is 0. The third-order valence-corrected chi connectivity index (χ3v) is 4.72. The summed E-state index contributed by atoms with van der Waals surface area (Å²) >= 11 is 1.97. The molecule has 2 aromatic rings. The predicted octanol–water partition coefficient (Wildman–Crippen LogP) is 2.88. The highest BCUT2D eigenvalue weighted by Gasteiger charge is 2.22. The molecule has 0 radical (unpaired) electrons. The zero-order chi connectivity index (χ0) is 13.1. The quantitative estimate of drug-likeness (QED) is 0.908. The molecule has 0 fully saturated rings. The number of thioether (sulfide) groups is 1. The van der Waals surface area contributed by atoms with Crippen LogP contribution in [0, 0.1) is 0 Å². The van der Waals surface area contributed by atoms with Gasteiger partial charge in [-0.15, -0.1) is 11.8 Å². The van der Waals surface area contributed by atoms with E-state index in [1.807, 2.05) is 18.1 Å². The van der Waals surface area contributed by atoms with E-state index in [-0.39, 0.29) is 0 Å². The van der Waals surface area contributed by atoms with Gasteiger partial charge in [0.2, 0.25) is 0 Å². The summed E-state index contributed by atoms with van der Waals surface area (Å²) in [5.74, 6) is 1.79. The van der Waals surface area contributed by atoms with Crippen molar-refractivity contribution in [2.45, 2.75) is 30.8 Å². The Labute approximate surface area is 118 Å². The van der Waals surface area contributed by atoms with Crippen LogP contribution in [0.15, 0.2) is 41.7 Å². The highest BCUT2D eigenvalue weighted by molar-refractivity contribution is 7.99. The van der Waals surface area contributed by atoms with Crippen molar-refractivity contribution in [3.8, 4) is 0 Å². The number of benzene rings is 1. The molecule has 0 bridgehead atoms. The average molecular weight is 273 g/mol. The van der Waals surface area contributed by atoms with Gasteiger partial charge in [-0.05, 0) is 18.2 Å². The first kappa shape index (κ1) is 12.8. The summed E-state index contributed by atoms with van der Waals surface area (Å²) < 4.78 is 2.22. The van der Waals surface area contributed by atoms with Crippen molar-refractivity contribution in [2.75, 3.05) is 12.3 Å².